The number of hydrogen-bond donors (Lipinski definition) is 3. The number of aromatic amines is 1. The molecule has 1 aromatic heterocycles. The number of nitrogens with two attached hydrogens (primary N) is 1. The zero-order valence-electron chi connectivity index (χ0n) is 19.8. The Kier molecular flexibility index (Phi) is 7.32. The minimum Gasteiger partial charge on any atom is -0.480 e. The van der Waals surface area contributed by atoms with Crippen LogP contribution in [0.1, 0.15) is 16.7 Å². The highest BCUT2D eigenvalue weighted by Gasteiger charge is 2.43. The Labute approximate surface area is 220 Å². The van der Waals surface area contributed by atoms with Crippen LogP contribution in [0.3, 0.4) is 0 Å². The van der Waals surface area contributed by atoms with Gasteiger partial charge in [0.15, 0.2) is 5.75 Å². The first-order valence-corrected chi connectivity index (χ1v) is 12.6. The molecule has 7 nitrogen and oxygen atoms in total. The largest absolute Gasteiger partial charge is 0.480 e. The van der Waals surface area contributed by atoms with Gasteiger partial charge in [-0.2, -0.15) is 26.3 Å². The molecule has 1 heterocycles. The van der Waals surface area contributed by atoms with Crippen molar-refractivity contribution < 1.29 is 53.8 Å². The number of benzene rings is 3. The number of hydrogen-bond acceptors (Lipinski definition) is 5. The van der Waals surface area contributed by atoms with Gasteiger partial charge < -0.3 is 20.6 Å². The number of H-pyrrole nitrogens is 1. The first-order chi connectivity index (χ1) is 18.5. The molecule has 0 saturated heterocycles. The van der Waals surface area contributed by atoms with Crippen molar-refractivity contribution in [3.05, 3.63) is 83.3 Å². The van der Waals surface area contributed by atoms with Crippen molar-refractivity contribution in [2.75, 3.05) is 0 Å². The SMILES string of the molecule is N[C@H](Cc1cc(C(F)(F)F)c(Oc2ccc3[nH]cc(S(=O)(=O)c4ccc(F)cc4)c3c2)c(C(F)(F)F)c1)C(=O)O. The summed E-state index contributed by atoms with van der Waals surface area (Å²) in [4.78, 5) is 13.0. The van der Waals surface area contributed by atoms with E-state index in [1.54, 1.807) is 0 Å². The van der Waals surface area contributed by atoms with Gasteiger partial charge in [0, 0.05) is 17.1 Å². The summed E-state index contributed by atoms with van der Waals surface area (Å²) in [5.41, 5.74) is 1.14. The van der Waals surface area contributed by atoms with Crippen molar-refractivity contribution in [3.63, 3.8) is 0 Å². The van der Waals surface area contributed by atoms with Gasteiger partial charge in [0.1, 0.15) is 17.6 Å². The number of sulfone groups is 1. The molecule has 4 N–H and O–H groups in total. The third kappa shape index (κ3) is 5.74. The molecule has 3 aromatic carbocycles. The Balaban J connectivity index is 1.85. The second-order valence-corrected chi connectivity index (χ2v) is 10.5. The van der Waals surface area contributed by atoms with E-state index in [4.69, 9.17) is 15.6 Å². The van der Waals surface area contributed by atoms with Gasteiger partial charge in [0.25, 0.3) is 0 Å². The Morgan fingerprint density at radius 2 is 1.52 bits per heavy atom. The number of carbonyl (C=O) groups is 1. The Morgan fingerprint density at radius 1 is 0.950 bits per heavy atom. The fourth-order valence-corrected chi connectivity index (χ4v) is 5.32. The molecular formula is C25H17F7N2O5S. The lowest BCUT2D eigenvalue weighted by Crippen LogP contribution is -2.32. The van der Waals surface area contributed by atoms with E-state index >= 15 is 0 Å². The molecule has 0 saturated carbocycles. The Bertz CT molecular complexity index is 1660. The van der Waals surface area contributed by atoms with Crippen molar-refractivity contribution in [2.45, 2.75) is 34.6 Å². The van der Waals surface area contributed by atoms with Gasteiger partial charge in [0.2, 0.25) is 9.84 Å². The van der Waals surface area contributed by atoms with Crippen molar-refractivity contribution >= 4 is 26.7 Å². The van der Waals surface area contributed by atoms with E-state index in [2.05, 4.69) is 4.98 Å². The molecule has 0 unspecified atom stereocenters. The van der Waals surface area contributed by atoms with Gasteiger partial charge in [-0.05, 0) is 66.6 Å². The number of fused-ring (bicyclic) bond motifs is 1. The van der Waals surface area contributed by atoms with Gasteiger partial charge in [-0.3, -0.25) is 4.79 Å². The number of carboxylic acids is 1. The van der Waals surface area contributed by atoms with E-state index < -0.39 is 74.6 Å². The zero-order chi connectivity index (χ0) is 29.6. The number of aromatic nitrogens is 1. The Morgan fingerprint density at radius 3 is 2.05 bits per heavy atom. The number of nitrogens with one attached hydrogen (secondary N) is 1. The average Bonchev–Trinajstić information content (AvgIpc) is 3.27. The average molecular weight is 590 g/mol. The predicted octanol–water partition coefficient (Wildman–Crippen LogP) is 5.92. The molecule has 0 bridgehead atoms. The molecule has 0 aliphatic carbocycles. The quantitative estimate of drug-likeness (QED) is 0.181. The molecular weight excluding hydrogens is 573 g/mol. The molecule has 15 heteroatoms. The summed E-state index contributed by atoms with van der Waals surface area (Å²) in [5.74, 6) is -4.52. The van der Waals surface area contributed by atoms with Gasteiger partial charge in [-0.1, -0.05) is 0 Å². The lowest BCUT2D eigenvalue weighted by Gasteiger charge is -2.21. The lowest BCUT2D eigenvalue weighted by atomic mass is 9.98. The van der Waals surface area contributed by atoms with Crippen LogP contribution in [0.2, 0.25) is 0 Å². The number of aliphatic carboxylic acids is 1. The first-order valence-electron chi connectivity index (χ1n) is 11.1. The molecule has 0 aliphatic heterocycles. The fourth-order valence-electron chi connectivity index (χ4n) is 3.90. The zero-order valence-corrected chi connectivity index (χ0v) is 20.6. The predicted molar refractivity (Wildman–Crippen MR) is 126 cm³/mol. The highest BCUT2D eigenvalue weighted by molar-refractivity contribution is 7.91. The maximum Gasteiger partial charge on any atom is 0.420 e. The third-order valence-electron chi connectivity index (χ3n) is 5.78. The van der Waals surface area contributed by atoms with E-state index in [1.165, 1.54) is 6.07 Å². The second kappa shape index (κ2) is 10.1. The van der Waals surface area contributed by atoms with Crippen molar-refractivity contribution in [2.24, 2.45) is 5.73 Å². The Hall–Kier alpha value is -4.11. The minimum absolute atomic E-state index is 0.118. The van der Waals surface area contributed by atoms with Crippen molar-refractivity contribution in [1.82, 2.24) is 4.98 Å². The van der Waals surface area contributed by atoms with Crippen LogP contribution in [0.4, 0.5) is 30.7 Å². The van der Waals surface area contributed by atoms with Gasteiger partial charge in [-0.15, -0.1) is 0 Å². The van der Waals surface area contributed by atoms with E-state index in [-0.39, 0.29) is 20.7 Å². The fraction of sp³-hybridized carbons (Fsp3) is 0.160. The summed E-state index contributed by atoms with van der Waals surface area (Å²) < 4.78 is 128. The van der Waals surface area contributed by atoms with Crippen LogP contribution >= 0.6 is 0 Å². The van der Waals surface area contributed by atoms with E-state index in [0.29, 0.717) is 12.1 Å². The number of halogens is 7. The van der Waals surface area contributed by atoms with Crippen LogP contribution in [0.5, 0.6) is 11.5 Å². The van der Waals surface area contributed by atoms with E-state index in [0.717, 1.165) is 42.6 Å². The maximum absolute atomic E-state index is 13.9. The van der Waals surface area contributed by atoms with Crippen LogP contribution in [-0.2, 0) is 33.4 Å². The van der Waals surface area contributed by atoms with Crippen LogP contribution in [0.15, 0.2) is 70.6 Å². The molecule has 0 aliphatic rings. The summed E-state index contributed by atoms with van der Waals surface area (Å²) in [6.07, 6.45) is -10.5. The van der Waals surface area contributed by atoms with E-state index in [1.807, 2.05) is 0 Å². The monoisotopic (exact) mass is 590 g/mol. The van der Waals surface area contributed by atoms with Crippen LogP contribution in [-0.4, -0.2) is 30.5 Å². The van der Waals surface area contributed by atoms with E-state index in [9.17, 15) is 43.9 Å². The summed E-state index contributed by atoms with van der Waals surface area (Å²) >= 11 is 0. The lowest BCUT2D eigenvalue weighted by molar-refractivity contribution is -0.145. The first kappa shape index (κ1) is 28.9. The van der Waals surface area contributed by atoms with Crippen molar-refractivity contribution in [1.29, 1.82) is 0 Å². The van der Waals surface area contributed by atoms with Crippen LogP contribution in [0, 0.1) is 5.82 Å². The molecule has 1 atom stereocenters. The smallest absolute Gasteiger partial charge is 0.420 e. The highest BCUT2D eigenvalue weighted by Crippen LogP contribution is 2.47. The minimum atomic E-state index is -5.37. The van der Waals surface area contributed by atoms with Gasteiger partial charge in [-0.25, -0.2) is 12.8 Å². The molecule has 0 fully saturated rings. The summed E-state index contributed by atoms with van der Waals surface area (Å²) in [6, 6.07) is 5.81. The molecule has 0 spiro atoms. The summed E-state index contributed by atoms with van der Waals surface area (Å²) in [5, 5.41) is 8.81. The summed E-state index contributed by atoms with van der Waals surface area (Å²) in [6.45, 7) is 0. The normalized spacial score (nSPS) is 13.4. The van der Waals surface area contributed by atoms with Gasteiger partial charge >= 0.3 is 18.3 Å². The standard InChI is InChI=1S/C25H17F7N2O5S/c26-13-1-4-15(5-2-13)40(37,38)21-11-34-20-6-3-14(10-16(20)21)39-22-17(24(27,28)29)7-12(9-19(33)23(35)36)8-18(22)25(30,31)32/h1-8,10-11,19,34H,9,33H2,(H,35,36)/t19-/m1/s1. The molecule has 0 radical (unpaired) electrons. The van der Waals surface area contributed by atoms with Crippen molar-refractivity contribution in [3.8, 4) is 11.5 Å². The second-order valence-electron chi connectivity index (χ2n) is 8.58. The maximum atomic E-state index is 13.9. The van der Waals surface area contributed by atoms with Gasteiger partial charge in [0.05, 0.1) is 20.9 Å². The van der Waals surface area contributed by atoms with Crippen LogP contribution in [0.25, 0.3) is 10.9 Å². The molecule has 212 valence electrons. The highest BCUT2D eigenvalue weighted by atomic mass is 32.2. The number of alkyl halides is 6. The number of carboxylic acid groups (broad SMARTS) is 1. The molecule has 40 heavy (non-hydrogen) atoms. The topological polar surface area (TPSA) is 122 Å². The molecule has 4 aromatic rings. The molecule has 0 amide bonds. The third-order valence-corrected chi connectivity index (χ3v) is 7.59. The molecule has 4 rings (SSSR count). The number of rotatable bonds is 7. The number of ether oxygens (including phenoxy) is 1. The van der Waals surface area contributed by atoms with Crippen LogP contribution < -0.4 is 10.5 Å². The summed E-state index contributed by atoms with van der Waals surface area (Å²) in [7, 11) is -4.29.